The van der Waals surface area contributed by atoms with Crippen molar-refractivity contribution in [1.82, 2.24) is 25.0 Å². The van der Waals surface area contributed by atoms with Crippen LogP contribution < -0.4 is 0 Å². The van der Waals surface area contributed by atoms with Gasteiger partial charge >= 0.3 is 0 Å². The molecule has 0 saturated carbocycles. The lowest BCUT2D eigenvalue weighted by Gasteiger charge is -2.03. The molecule has 0 saturated heterocycles. The smallest absolute Gasteiger partial charge is 0.249 e. The van der Waals surface area contributed by atoms with Crippen molar-refractivity contribution in [2.45, 2.75) is 17.8 Å². The first-order valence-corrected chi connectivity index (χ1v) is 9.64. The molecule has 0 spiro atoms. The summed E-state index contributed by atoms with van der Waals surface area (Å²) in [6.07, 6.45) is 0. The van der Waals surface area contributed by atoms with Crippen LogP contribution in [0.25, 0.3) is 22.8 Å². The standard InChI is InChI=1S/C19H16ClN5OS/c1-12-7-9-13(10-8-12)17-22-24-19(25(17)2)27-11-16-21-23-18(26-16)14-5-3-4-6-15(14)20/h3-10H,11H2,1-2H3. The molecule has 2 heterocycles. The Kier molecular flexibility index (Phi) is 4.96. The second-order valence-corrected chi connectivity index (χ2v) is 7.35. The van der Waals surface area contributed by atoms with E-state index in [0.717, 1.165) is 22.1 Å². The zero-order valence-corrected chi connectivity index (χ0v) is 16.3. The van der Waals surface area contributed by atoms with E-state index >= 15 is 0 Å². The fourth-order valence-electron chi connectivity index (χ4n) is 2.58. The number of aromatic nitrogens is 5. The van der Waals surface area contributed by atoms with E-state index in [9.17, 15) is 0 Å². The van der Waals surface area contributed by atoms with Crippen LogP contribution in [0.4, 0.5) is 0 Å². The van der Waals surface area contributed by atoms with Gasteiger partial charge in [-0.2, -0.15) is 0 Å². The van der Waals surface area contributed by atoms with Crippen LogP contribution in [0, 0.1) is 6.92 Å². The minimum absolute atomic E-state index is 0.412. The molecule has 27 heavy (non-hydrogen) atoms. The summed E-state index contributed by atoms with van der Waals surface area (Å²) in [5.74, 6) is 2.24. The largest absolute Gasteiger partial charge is 0.420 e. The van der Waals surface area contributed by atoms with Crippen molar-refractivity contribution < 1.29 is 4.42 Å². The van der Waals surface area contributed by atoms with Gasteiger partial charge in [0, 0.05) is 12.6 Å². The third-order valence-corrected chi connectivity index (χ3v) is 5.38. The first-order valence-electron chi connectivity index (χ1n) is 8.28. The molecule has 0 aliphatic carbocycles. The van der Waals surface area contributed by atoms with Gasteiger partial charge < -0.3 is 8.98 Å². The van der Waals surface area contributed by atoms with Crippen molar-refractivity contribution in [2.24, 2.45) is 7.05 Å². The third kappa shape index (κ3) is 3.74. The van der Waals surface area contributed by atoms with Crippen LogP contribution in [-0.2, 0) is 12.8 Å². The van der Waals surface area contributed by atoms with Crippen LogP contribution in [0.1, 0.15) is 11.5 Å². The molecule has 6 nitrogen and oxygen atoms in total. The third-order valence-electron chi connectivity index (χ3n) is 4.04. The highest BCUT2D eigenvalue weighted by Gasteiger charge is 2.15. The minimum atomic E-state index is 0.412. The van der Waals surface area contributed by atoms with Crippen molar-refractivity contribution in [2.75, 3.05) is 0 Å². The highest BCUT2D eigenvalue weighted by molar-refractivity contribution is 7.98. The van der Waals surface area contributed by atoms with Gasteiger partial charge in [-0.3, -0.25) is 0 Å². The quantitative estimate of drug-likeness (QED) is 0.451. The topological polar surface area (TPSA) is 69.6 Å². The van der Waals surface area contributed by atoms with Gasteiger partial charge in [-0.15, -0.1) is 20.4 Å². The molecule has 2 aromatic heterocycles. The normalized spacial score (nSPS) is 11.1. The maximum Gasteiger partial charge on any atom is 0.249 e. The highest BCUT2D eigenvalue weighted by Crippen LogP contribution is 2.29. The molecular weight excluding hydrogens is 382 g/mol. The molecule has 0 atom stereocenters. The Morgan fingerprint density at radius 1 is 1.00 bits per heavy atom. The number of benzene rings is 2. The van der Waals surface area contributed by atoms with Gasteiger partial charge in [-0.05, 0) is 19.1 Å². The summed E-state index contributed by atoms with van der Waals surface area (Å²) in [7, 11) is 1.94. The lowest BCUT2D eigenvalue weighted by atomic mass is 10.1. The molecule has 0 aliphatic rings. The average Bonchev–Trinajstić information content (AvgIpc) is 3.28. The van der Waals surface area contributed by atoms with Crippen LogP contribution in [-0.4, -0.2) is 25.0 Å². The van der Waals surface area contributed by atoms with Gasteiger partial charge in [0.1, 0.15) is 0 Å². The van der Waals surface area contributed by atoms with Gasteiger partial charge in [0.2, 0.25) is 11.8 Å². The average molecular weight is 398 g/mol. The van der Waals surface area contributed by atoms with E-state index in [4.69, 9.17) is 16.0 Å². The van der Waals surface area contributed by atoms with Crippen LogP contribution in [0.15, 0.2) is 58.1 Å². The van der Waals surface area contributed by atoms with Gasteiger partial charge in [0.15, 0.2) is 11.0 Å². The molecule has 0 fully saturated rings. The fourth-order valence-corrected chi connectivity index (χ4v) is 3.54. The Hall–Kier alpha value is -2.64. The van der Waals surface area contributed by atoms with Crippen LogP contribution >= 0.6 is 23.4 Å². The monoisotopic (exact) mass is 397 g/mol. The summed E-state index contributed by atoms with van der Waals surface area (Å²) in [5, 5.41) is 18.1. The molecule has 0 aliphatic heterocycles. The number of thioether (sulfide) groups is 1. The zero-order chi connectivity index (χ0) is 18.8. The molecule has 0 unspecified atom stereocenters. The molecule has 136 valence electrons. The molecule has 8 heteroatoms. The first-order chi connectivity index (χ1) is 13.1. The Morgan fingerprint density at radius 2 is 1.78 bits per heavy atom. The number of rotatable bonds is 5. The molecule has 4 rings (SSSR count). The summed E-state index contributed by atoms with van der Waals surface area (Å²) in [6, 6.07) is 15.6. The summed E-state index contributed by atoms with van der Waals surface area (Å²) in [5.41, 5.74) is 2.96. The van der Waals surface area contributed by atoms with Gasteiger partial charge in [-0.25, -0.2) is 0 Å². The zero-order valence-electron chi connectivity index (χ0n) is 14.8. The fraction of sp³-hybridized carbons (Fsp3) is 0.158. The first kappa shape index (κ1) is 17.8. The summed E-state index contributed by atoms with van der Waals surface area (Å²) >= 11 is 7.67. The van der Waals surface area contributed by atoms with Crippen molar-refractivity contribution in [3.05, 3.63) is 65.0 Å². The number of hydrogen-bond acceptors (Lipinski definition) is 6. The van der Waals surface area contributed by atoms with Gasteiger partial charge in [0.25, 0.3) is 0 Å². The number of hydrogen-bond donors (Lipinski definition) is 0. The molecule has 0 radical (unpaired) electrons. The maximum atomic E-state index is 6.18. The Bertz CT molecular complexity index is 1070. The molecule has 2 aromatic carbocycles. The van der Waals surface area contributed by atoms with E-state index in [1.807, 2.05) is 41.9 Å². The SMILES string of the molecule is Cc1ccc(-c2nnc(SCc3nnc(-c4ccccc4Cl)o3)n2C)cc1. The van der Waals surface area contributed by atoms with Crippen LogP contribution in [0.5, 0.6) is 0 Å². The van der Waals surface area contributed by atoms with Crippen molar-refractivity contribution >= 4 is 23.4 Å². The predicted octanol–water partition coefficient (Wildman–Crippen LogP) is 4.79. The van der Waals surface area contributed by atoms with Crippen LogP contribution in [0.2, 0.25) is 5.02 Å². The molecule has 4 aromatic rings. The molecule has 0 bridgehead atoms. The Balaban J connectivity index is 1.48. The summed E-state index contributed by atoms with van der Waals surface area (Å²) in [6.45, 7) is 2.06. The van der Waals surface area contributed by atoms with Crippen molar-refractivity contribution in [3.8, 4) is 22.8 Å². The number of aryl methyl sites for hydroxylation is 1. The van der Waals surface area contributed by atoms with E-state index in [1.165, 1.54) is 17.3 Å². The second-order valence-electron chi connectivity index (χ2n) is 6.00. The lowest BCUT2D eigenvalue weighted by molar-refractivity contribution is 0.528. The number of nitrogens with zero attached hydrogens (tertiary/aromatic N) is 5. The minimum Gasteiger partial charge on any atom is -0.420 e. The number of halogens is 1. The van der Waals surface area contributed by atoms with E-state index < -0.39 is 0 Å². The predicted molar refractivity (Wildman–Crippen MR) is 105 cm³/mol. The molecular formula is C19H16ClN5OS. The van der Waals surface area contributed by atoms with Crippen LogP contribution in [0.3, 0.4) is 0 Å². The van der Waals surface area contributed by atoms with Gasteiger partial charge in [-0.1, -0.05) is 65.3 Å². The van der Waals surface area contributed by atoms with Gasteiger partial charge in [0.05, 0.1) is 16.3 Å². The van der Waals surface area contributed by atoms with E-state index in [1.54, 1.807) is 6.07 Å². The van der Waals surface area contributed by atoms with Crippen molar-refractivity contribution in [3.63, 3.8) is 0 Å². The Morgan fingerprint density at radius 3 is 2.56 bits per heavy atom. The lowest BCUT2D eigenvalue weighted by Crippen LogP contribution is -1.95. The second kappa shape index (κ2) is 7.54. The summed E-state index contributed by atoms with van der Waals surface area (Å²) < 4.78 is 7.69. The van der Waals surface area contributed by atoms with E-state index in [-0.39, 0.29) is 0 Å². The molecule has 0 amide bonds. The maximum absolute atomic E-state index is 6.18. The highest BCUT2D eigenvalue weighted by atomic mass is 35.5. The van der Waals surface area contributed by atoms with Crippen molar-refractivity contribution in [1.29, 1.82) is 0 Å². The Labute approximate surface area is 165 Å². The van der Waals surface area contributed by atoms with E-state index in [2.05, 4.69) is 39.5 Å². The van der Waals surface area contributed by atoms with E-state index in [0.29, 0.717) is 22.6 Å². The summed E-state index contributed by atoms with van der Waals surface area (Å²) in [4.78, 5) is 0. The molecule has 0 N–H and O–H groups in total.